The van der Waals surface area contributed by atoms with Crippen LogP contribution in [0, 0.1) is 0 Å². The summed E-state index contributed by atoms with van der Waals surface area (Å²) < 4.78 is 38.6. The molecular formula is C62H110N15O21PS. The van der Waals surface area contributed by atoms with Crippen molar-refractivity contribution in [3.05, 3.63) is 11.5 Å². The van der Waals surface area contributed by atoms with Crippen molar-refractivity contribution in [2.45, 2.75) is 229 Å². The molecule has 0 aromatic rings. The smallest absolute Gasteiger partial charge is 0.395 e. The second kappa shape index (κ2) is 50.3. The predicted molar refractivity (Wildman–Crippen MR) is 370 cm³/mol. The number of ether oxygens (including phenoxy) is 3. The Kier molecular flexibility index (Phi) is 45.3. The number of unbranched alkanes of at least 4 members (excludes halogenated alkanes) is 13. The minimum Gasteiger partial charge on any atom is -0.505 e. The number of aliphatic imine (C=N–C) groups is 2. The van der Waals surface area contributed by atoms with E-state index in [-0.39, 0.29) is 69.5 Å². The number of hydrogen-bond acceptors (Lipinski definition) is 21. The first kappa shape index (κ1) is 90.0. The van der Waals surface area contributed by atoms with Gasteiger partial charge in [-0.05, 0) is 98.0 Å². The molecule has 7 amide bonds. The maximum Gasteiger partial charge on any atom is 0.395 e. The summed E-state index contributed by atoms with van der Waals surface area (Å²) in [5.41, 5.74) is 27.0. The van der Waals surface area contributed by atoms with E-state index in [4.69, 9.17) is 47.4 Å². The number of guanidine groups is 2. The summed E-state index contributed by atoms with van der Waals surface area (Å²) >= 11 is 1.22. The van der Waals surface area contributed by atoms with Gasteiger partial charge in [-0.3, -0.25) is 57.9 Å². The molecule has 20 N–H and O–H groups in total. The average molecular weight is 1460 g/mol. The average Bonchev–Trinajstić information content (AvgIpc) is 1.63. The molecule has 38 heteroatoms. The molecule has 1 heterocycles. The van der Waals surface area contributed by atoms with Gasteiger partial charge in [0, 0.05) is 45.4 Å². The number of thioether (sulfide) groups is 1. The monoisotopic (exact) mass is 1460 g/mol. The highest BCUT2D eigenvalue weighted by Crippen LogP contribution is 2.53. The fourth-order valence-electron chi connectivity index (χ4n) is 9.95. The molecular weight excluding hydrogens is 1350 g/mol. The van der Waals surface area contributed by atoms with Gasteiger partial charge in [0.1, 0.15) is 49.0 Å². The Morgan fingerprint density at radius 3 is 1.36 bits per heavy atom. The van der Waals surface area contributed by atoms with Crippen molar-refractivity contribution in [2.75, 3.05) is 66.5 Å². The Morgan fingerprint density at radius 1 is 0.550 bits per heavy atom. The van der Waals surface area contributed by atoms with E-state index in [1.165, 1.54) is 101 Å². The number of carbonyl (C=O) groups excluding carboxylic acids is 9. The van der Waals surface area contributed by atoms with Crippen LogP contribution in [0.3, 0.4) is 0 Å². The first-order chi connectivity index (χ1) is 47.3. The first-order valence-corrected chi connectivity index (χ1v) is 36.6. The third kappa shape index (κ3) is 38.0. The highest BCUT2D eigenvalue weighted by atomic mass is 32.2. The number of aliphatic hydroxyl groups excluding tert-OH is 1. The Labute approximate surface area is 588 Å². The molecule has 100 heavy (non-hydrogen) atoms. The van der Waals surface area contributed by atoms with Crippen molar-refractivity contribution >= 4 is 103 Å². The third-order valence-electron chi connectivity index (χ3n) is 15.5. The molecule has 1 aliphatic heterocycles. The molecule has 0 aromatic heterocycles. The molecule has 570 valence electrons. The summed E-state index contributed by atoms with van der Waals surface area (Å²) in [5, 5.41) is 54.8. The number of nitrogens with zero attached hydrogens (tertiary/aromatic N) is 4. The van der Waals surface area contributed by atoms with Gasteiger partial charge in [0.05, 0.1) is 6.42 Å². The predicted octanol–water partition coefficient (Wildman–Crippen LogP) is 0.968. The molecule has 1 rings (SSSR count). The Balaban J connectivity index is 3.39. The van der Waals surface area contributed by atoms with E-state index in [0.717, 1.165) is 32.1 Å². The standard InChI is InChI=1S/C62H110N15O21PS/c1-7-8-9-10-11-12-13-14-15-16-17-18-19-20-36-95-45(52-51(85)53(60(93)97-52)98-99(94,76(2)3)77(4)5)38-96-50(84)32-29-47(79)70-40(26-30-48(80)81)55(87)73-42(27-31-49(82)83)57(89)74-43(33-37-100-6)58(90)72-41(25-28-46(63)78)56(88)71-39(23-21-34-68-61(64)65)54(86)75-44(59(91)92)24-22-35-69-62(66)67/h39-45,52,85H,7-38H2,1-6H3,(H2,63,78)(H,70,79)(H,71,88)(H,72,90)(H,73,87)(H,74,89)(H,75,86)(H,80,81)(H,82,83)(H,91,92)(H4,64,65,68)(H4,66,67,69). The zero-order valence-corrected chi connectivity index (χ0v) is 60.2. The number of aliphatic carboxylic acids is 3. The third-order valence-corrected chi connectivity index (χ3v) is 18.6. The Bertz CT molecular complexity index is 2780. The van der Waals surface area contributed by atoms with Gasteiger partial charge in [-0.25, -0.2) is 23.5 Å². The second-order valence-electron chi connectivity index (χ2n) is 24.3. The number of aliphatic hydroxyl groups is 1. The molecule has 36 nitrogen and oxygen atoms in total. The van der Waals surface area contributed by atoms with Gasteiger partial charge in [0.25, 0.3) is 5.76 Å². The quantitative estimate of drug-likeness (QED) is 0.0133. The summed E-state index contributed by atoms with van der Waals surface area (Å²) in [5.74, 6) is -15.7. The molecule has 0 bridgehead atoms. The fourth-order valence-corrected chi connectivity index (χ4v) is 11.9. The highest BCUT2D eigenvalue weighted by molar-refractivity contribution is 7.98. The van der Waals surface area contributed by atoms with Crippen molar-refractivity contribution in [3.8, 4) is 0 Å². The number of rotatable bonds is 58. The zero-order chi connectivity index (χ0) is 75.3. The van der Waals surface area contributed by atoms with Crippen LogP contribution in [0.15, 0.2) is 21.5 Å². The number of hydrogen-bond donors (Lipinski definition) is 15. The van der Waals surface area contributed by atoms with E-state index in [9.17, 15) is 82.5 Å². The fraction of sp³-hybridized carbons (Fsp3) is 0.742. The van der Waals surface area contributed by atoms with Crippen LogP contribution in [-0.4, -0.2) is 228 Å². The van der Waals surface area contributed by atoms with Gasteiger partial charge in [-0.2, -0.15) is 11.8 Å². The summed E-state index contributed by atoms with van der Waals surface area (Å²) in [6.45, 7) is 1.61. The number of nitrogens with one attached hydrogen (secondary N) is 6. The lowest BCUT2D eigenvalue weighted by molar-refractivity contribution is -0.159. The van der Waals surface area contributed by atoms with Crippen LogP contribution < -0.4 is 60.6 Å². The maximum absolute atomic E-state index is 14.2. The number of amides is 7. The molecule has 0 radical (unpaired) electrons. The first-order valence-electron chi connectivity index (χ1n) is 33.7. The van der Waals surface area contributed by atoms with Crippen molar-refractivity contribution < 1.29 is 101 Å². The van der Waals surface area contributed by atoms with Gasteiger partial charge >= 0.3 is 37.5 Å². The van der Waals surface area contributed by atoms with Crippen LogP contribution in [0.2, 0.25) is 0 Å². The van der Waals surface area contributed by atoms with E-state index in [1.54, 1.807) is 6.26 Å². The van der Waals surface area contributed by atoms with E-state index in [0.29, 0.717) is 6.42 Å². The molecule has 8 atom stereocenters. The molecule has 8 unspecified atom stereocenters. The van der Waals surface area contributed by atoms with Crippen LogP contribution in [-0.2, 0) is 80.8 Å². The number of esters is 2. The summed E-state index contributed by atoms with van der Waals surface area (Å²) in [7, 11) is 1.83. The van der Waals surface area contributed by atoms with Gasteiger partial charge in [-0.15, -0.1) is 0 Å². The molecule has 1 aliphatic rings. The minimum absolute atomic E-state index is 0.0247. The second-order valence-corrected chi connectivity index (χ2v) is 28.1. The molecule has 0 saturated carbocycles. The van der Waals surface area contributed by atoms with E-state index >= 15 is 0 Å². The Hall–Kier alpha value is -8.02. The largest absolute Gasteiger partial charge is 0.505 e. The van der Waals surface area contributed by atoms with Crippen molar-refractivity contribution in [1.82, 2.24) is 41.2 Å². The topological polar surface area (TPSA) is 573 Å². The molecule has 0 saturated heterocycles. The normalized spacial score (nSPS) is 15.0. The minimum atomic E-state index is -3.91. The molecule has 0 aliphatic carbocycles. The van der Waals surface area contributed by atoms with Crippen LogP contribution in [0.5, 0.6) is 0 Å². The molecule has 0 spiro atoms. The summed E-state index contributed by atoms with van der Waals surface area (Å²) in [6.07, 6.45) is 8.71. The Morgan fingerprint density at radius 2 is 0.950 bits per heavy atom. The summed E-state index contributed by atoms with van der Waals surface area (Å²) in [6, 6.07) is -9.77. The van der Waals surface area contributed by atoms with E-state index in [2.05, 4.69) is 48.8 Å². The lowest BCUT2D eigenvalue weighted by Gasteiger charge is -2.29. The summed E-state index contributed by atoms with van der Waals surface area (Å²) in [4.78, 5) is 166. The van der Waals surface area contributed by atoms with Crippen molar-refractivity contribution in [1.29, 1.82) is 0 Å². The molecule has 0 fully saturated rings. The number of carboxylic acid groups (broad SMARTS) is 3. The van der Waals surface area contributed by atoms with Gasteiger partial charge in [0.15, 0.2) is 23.8 Å². The van der Waals surface area contributed by atoms with Crippen LogP contribution in [0.4, 0.5) is 0 Å². The number of primary amides is 1. The van der Waals surface area contributed by atoms with Gasteiger partial charge in [-0.1, -0.05) is 90.4 Å². The zero-order valence-electron chi connectivity index (χ0n) is 58.5. The van der Waals surface area contributed by atoms with Crippen LogP contribution in [0.1, 0.15) is 180 Å². The van der Waals surface area contributed by atoms with Crippen molar-refractivity contribution in [2.24, 2.45) is 38.7 Å². The highest BCUT2D eigenvalue weighted by Gasteiger charge is 2.46. The maximum atomic E-state index is 14.2. The lowest BCUT2D eigenvalue weighted by atomic mass is 10.0. The van der Waals surface area contributed by atoms with Crippen molar-refractivity contribution in [3.63, 3.8) is 0 Å². The van der Waals surface area contributed by atoms with Gasteiger partial charge in [0.2, 0.25) is 41.4 Å². The van der Waals surface area contributed by atoms with E-state index < -0.39 is 197 Å². The van der Waals surface area contributed by atoms with Crippen LogP contribution in [0.25, 0.3) is 0 Å². The molecule has 0 aromatic carbocycles. The van der Waals surface area contributed by atoms with Gasteiger partial charge < -0.3 is 99.7 Å². The van der Waals surface area contributed by atoms with E-state index in [1.807, 2.05) is 0 Å². The lowest BCUT2D eigenvalue weighted by Crippen LogP contribution is -2.59. The van der Waals surface area contributed by atoms with Crippen LogP contribution >= 0.6 is 19.4 Å². The number of carboxylic acids is 3. The number of carbonyl (C=O) groups is 12. The number of nitrogens with two attached hydrogens (primary N) is 5. The SMILES string of the molecule is CCCCCCCCCCCCCCCCOC(COC(=O)CCC(=O)NC(CCC(=O)O)C(=O)NC(CCC(=O)O)C(=O)NC(CCSC)C(=O)NC(CCC(N)=O)C(=O)NC(CCCN=C(N)N)C(=O)NC(CCCN=C(N)N)C(=O)O)C1OC(=O)C(OP(=O)(N(C)C)N(C)C)=C1O. The number of cyclic esters (lactones) is 1.